The van der Waals surface area contributed by atoms with Gasteiger partial charge in [0.05, 0.1) is 19.3 Å². The van der Waals surface area contributed by atoms with E-state index in [0.717, 1.165) is 5.69 Å². The van der Waals surface area contributed by atoms with Gasteiger partial charge in [0, 0.05) is 12.3 Å². The van der Waals surface area contributed by atoms with Gasteiger partial charge < -0.3 is 14.8 Å². The van der Waals surface area contributed by atoms with Crippen molar-refractivity contribution in [3.05, 3.63) is 59.9 Å². The number of hydrogen-bond donors (Lipinski definition) is 1. The maximum Gasteiger partial charge on any atom is 0.387 e. The van der Waals surface area contributed by atoms with Crippen LogP contribution in [0.4, 0.5) is 8.78 Å². The molecule has 1 aromatic heterocycles. The monoisotopic (exact) mass is 334 g/mol. The second-order valence-corrected chi connectivity index (χ2v) is 4.66. The number of pyridine rings is 1. The Bertz CT molecular complexity index is 706. The number of hydrogen-bond acceptors (Lipinski definition) is 4. The number of halogens is 2. The molecule has 1 aromatic carbocycles. The molecule has 24 heavy (non-hydrogen) atoms. The molecule has 0 spiro atoms. The molecular formula is C17H16F2N2O3. The van der Waals surface area contributed by atoms with Gasteiger partial charge in [0.1, 0.15) is 0 Å². The highest BCUT2D eigenvalue weighted by Crippen LogP contribution is 2.29. The number of alkyl halides is 2. The van der Waals surface area contributed by atoms with Gasteiger partial charge in [-0.3, -0.25) is 9.78 Å². The van der Waals surface area contributed by atoms with Crippen molar-refractivity contribution in [2.45, 2.75) is 13.2 Å². The Labute approximate surface area is 137 Å². The highest BCUT2D eigenvalue weighted by atomic mass is 19.3. The van der Waals surface area contributed by atoms with E-state index >= 15 is 0 Å². The largest absolute Gasteiger partial charge is 0.493 e. The van der Waals surface area contributed by atoms with Gasteiger partial charge >= 0.3 is 6.61 Å². The summed E-state index contributed by atoms with van der Waals surface area (Å²) in [7, 11) is 1.35. The van der Waals surface area contributed by atoms with E-state index in [1.54, 1.807) is 30.5 Å². The quantitative estimate of drug-likeness (QED) is 0.791. The maximum absolute atomic E-state index is 12.3. The average molecular weight is 334 g/mol. The van der Waals surface area contributed by atoms with Gasteiger partial charge in [-0.25, -0.2) is 0 Å². The molecule has 0 saturated carbocycles. The molecule has 7 heteroatoms. The van der Waals surface area contributed by atoms with Crippen molar-refractivity contribution < 1.29 is 23.0 Å². The van der Waals surface area contributed by atoms with Crippen molar-refractivity contribution in [2.24, 2.45) is 0 Å². The van der Waals surface area contributed by atoms with Crippen LogP contribution in [0.15, 0.2) is 48.7 Å². The van der Waals surface area contributed by atoms with Crippen molar-refractivity contribution >= 4 is 12.0 Å². The first-order chi connectivity index (χ1) is 11.6. The third kappa shape index (κ3) is 5.35. The van der Waals surface area contributed by atoms with E-state index < -0.39 is 6.61 Å². The molecule has 0 aliphatic heterocycles. The van der Waals surface area contributed by atoms with Crippen LogP contribution in [-0.2, 0) is 11.3 Å². The van der Waals surface area contributed by atoms with E-state index in [1.165, 1.54) is 25.3 Å². The molecule has 0 atom stereocenters. The molecule has 0 radical (unpaired) electrons. The zero-order valence-electron chi connectivity index (χ0n) is 12.9. The molecule has 2 rings (SSSR count). The van der Waals surface area contributed by atoms with Crippen molar-refractivity contribution in [1.82, 2.24) is 10.3 Å². The fourth-order valence-electron chi connectivity index (χ4n) is 1.89. The Morgan fingerprint density at radius 3 is 2.79 bits per heavy atom. The molecule has 0 unspecified atom stereocenters. The summed E-state index contributed by atoms with van der Waals surface area (Å²) >= 11 is 0. The van der Waals surface area contributed by atoms with Gasteiger partial charge in [0.25, 0.3) is 0 Å². The number of methoxy groups -OCH3 is 1. The number of benzene rings is 1. The van der Waals surface area contributed by atoms with E-state index in [2.05, 4.69) is 15.0 Å². The number of nitrogens with zero attached hydrogens (tertiary/aromatic N) is 1. The Morgan fingerprint density at radius 2 is 2.12 bits per heavy atom. The van der Waals surface area contributed by atoms with Crippen LogP contribution in [0.1, 0.15) is 11.3 Å². The molecular weight excluding hydrogens is 318 g/mol. The van der Waals surface area contributed by atoms with Crippen molar-refractivity contribution in [1.29, 1.82) is 0 Å². The Kier molecular flexibility index (Phi) is 6.24. The second-order valence-electron chi connectivity index (χ2n) is 4.66. The molecule has 0 aliphatic rings. The van der Waals surface area contributed by atoms with Crippen LogP contribution in [-0.4, -0.2) is 24.6 Å². The van der Waals surface area contributed by atoms with Crippen LogP contribution in [0.25, 0.3) is 6.08 Å². The van der Waals surface area contributed by atoms with Crippen LogP contribution in [0, 0.1) is 0 Å². The van der Waals surface area contributed by atoms with Crippen LogP contribution < -0.4 is 14.8 Å². The highest BCUT2D eigenvalue weighted by molar-refractivity contribution is 5.91. The molecule has 126 valence electrons. The summed E-state index contributed by atoms with van der Waals surface area (Å²) in [5.74, 6) is -0.205. The highest BCUT2D eigenvalue weighted by Gasteiger charge is 2.10. The van der Waals surface area contributed by atoms with Crippen LogP contribution in [0.3, 0.4) is 0 Å². The van der Waals surface area contributed by atoms with E-state index in [-0.39, 0.29) is 17.4 Å². The average Bonchev–Trinajstić information content (AvgIpc) is 2.59. The van der Waals surface area contributed by atoms with Crippen LogP contribution in [0.5, 0.6) is 11.5 Å². The van der Waals surface area contributed by atoms with Gasteiger partial charge in [-0.1, -0.05) is 12.1 Å². The fraction of sp³-hybridized carbons (Fsp3) is 0.176. The minimum absolute atomic E-state index is 0.0655. The van der Waals surface area contributed by atoms with E-state index in [1.807, 2.05) is 6.07 Å². The number of carbonyl (C=O) groups is 1. The molecule has 1 N–H and O–H groups in total. The van der Waals surface area contributed by atoms with Gasteiger partial charge in [-0.05, 0) is 35.9 Å². The first-order valence-electron chi connectivity index (χ1n) is 7.07. The predicted molar refractivity (Wildman–Crippen MR) is 84.7 cm³/mol. The normalized spacial score (nSPS) is 10.8. The number of ether oxygens (including phenoxy) is 2. The third-order valence-electron chi connectivity index (χ3n) is 3.00. The van der Waals surface area contributed by atoms with E-state index in [9.17, 15) is 13.6 Å². The summed E-state index contributed by atoms with van der Waals surface area (Å²) in [4.78, 5) is 15.9. The minimum atomic E-state index is -2.93. The van der Waals surface area contributed by atoms with Crippen molar-refractivity contribution in [3.8, 4) is 11.5 Å². The SMILES string of the molecule is COc1cc(/C=C/C(=O)NCc2ccccn2)ccc1OC(F)F. The lowest BCUT2D eigenvalue weighted by Gasteiger charge is -2.10. The number of nitrogens with one attached hydrogen (secondary N) is 1. The first-order valence-corrected chi connectivity index (χ1v) is 7.07. The lowest BCUT2D eigenvalue weighted by atomic mass is 10.2. The molecule has 1 heterocycles. The standard InChI is InChI=1S/C17H16F2N2O3/c1-23-15-10-12(5-7-14(15)24-17(18)19)6-8-16(22)21-11-13-4-2-3-9-20-13/h2-10,17H,11H2,1H3,(H,21,22)/b8-6+. The molecule has 0 fully saturated rings. The summed E-state index contributed by atoms with van der Waals surface area (Å²) in [5, 5.41) is 2.69. The molecule has 5 nitrogen and oxygen atoms in total. The van der Waals surface area contributed by atoms with Gasteiger partial charge in [-0.15, -0.1) is 0 Å². The van der Waals surface area contributed by atoms with Crippen molar-refractivity contribution in [2.75, 3.05) is 7.11 Å². The maximum atomic E-state index is 12.3. The first kappa shape index (κ1) is 17.4. The molecule has 0 saturated heterocycles. The molecule has 0 aliphatic carbocycles. The van der Waals surface area contributed by atoms with Crippen LogP contribution in [0.2, 0.25) is 0 Å². The molecule has 1 amide bonds. The Hall–Kier alpha value is -2.96. The molecule has 2 aromatic rings. The predicted octanol–water partition coefficient (Wildman–Crippen LogP) is 3.02. The summed E-state index contributed by atoms with van der Waals surface area (Å²) in [6, 6.07) is 9.83. The lowest BCUT2D eigenvalue weighted by Crippen LogP contribution is -2.20. The zero-order chi connectivity index (χ0) is 17.4. The van der Waals surface area contributed by atoms with Gasteiger partial charge in [-0.2, -0.15) is 8.78 Å². The number of rotatable bonds is 7. The topological polar surface area (TPSA) is 60.5 Å². The van der Waals surface area contributed by atoms with Gasteiger partial charge in [0.2, 0.25) is 5.91 Å². The number of amides is 1. The number of aromatic nitrogens is 1. The summed E-state index contributed by atoms with van der Waals surface area (Å²) in [5.41, 5.74) is 1.36. The summed E-state index contributed by atoms with van der Waals surface area (Å²) in [6.45, 7) is -2.62. The Balaban J connectivity index is 1.96. The van der Waals surface area contributed by atoms with E-state index in [4.69, 9.17) is 4.74 Å². The minimum Gasteiger partial charge on any atom is -0.493 e. The van der Waals surface area contributed by atoms with Gasteiger partial charge in [0.15, 0.2) is 11.5 Å². The van der Waals surface area contributed by atoms with E-state index in [0.29, 0.717) is 12.1 Å². The summed E-state index contributed by atoms with van der Waals surface area (Å²) in [6.07, 6.45) is 4.53. The second kappa shape index (κ2) is 8.61. The number of carbonyl (C=O) groups excluding carboxylic acids is 1. The fourth-order valence-corrected chi connectivity index (χ4v) is 1.89. The zero-order valence-corrected chi connectivity index (χ0v) is 12.9. The van der Waals surface area contributed by atoms with Crippen molar-refractivity contribution in [3.63, 3.8) is 0 Å². The smallest absolute Gasteiger partial charge is 0.387 e. The third-order valence-corrected chi connectivity index (χ3v) is 3.00. The Morgan fingerprint density at radius 1 is 1.29 bits per heavy atom. The lowest BCUT2D eigenvalue weighted by molar-refractivity contribution is -0.116. The molecule has 0 bridgehead atoms. The van der Waals surface area contributed by atoms with Crippen LogP contribution >= 0.6 is 0 Å². The summed E-state index contributed by atoms with van der Waals surface area (Å²) < 4.78 is 33.9.